The highest BCUT2D eigenvalue weighted by molar-refractivity contribution is 5.85. The number of ether oxygens (including phenoxy) is 1. The van der Waals surface area contributed by atoms with Crippen LogP contribution in [0, 0.1) is 0 Å². The number of hydrogen-bond acceptors (Lipinski definition) is 3. The van der Waals surface area contributed by atoms with Crippen LogP contribution < -0.4 is 10.1 Å². The third-order valence-electron chi connectivity index (χ3n) is 3.31. The van der Waals surface area contributed by atoms with Crippen molar-refractivity contribution in [3.05, 3.63) is 29.8 Å². The smallest absolute Gasteiger partial charge is 0.119 e. The molecule has 19 heavy (non-hydrogen) atoms. The van der Waals surface area contributed by atoms with Crippen molar-refractivity contribution in [3.8, 4) is 5.75 Å². The molecule has 5 heteroatoms. The Morgan fingerprint density at radius 2 is 1.89 bits per heavy atom. The summed E-state index contributed by atoms with van der Waals surface area (Å²) in [6, 6.07) is 7.66. The van der Waals surface area contributed by atoms with Crippen molar-refractivity contribution in [1.82, 2.24) is 10.2 Å². The van der Waals surface area contributed by atoms with E-state index in [0.29, 0.717) is 6.61 Å². The predicted molar refractivity (Wildman–Crippen MR) is 78.0 cm³/mol. The first-order valence-corrected chi connectivity index (χ1v) is 6.58. The summed E-state index contributed by atoms with van der Waals surface area (Å²) in [5.74, 6) is 0.846. The Balaban J connectivity index is 0.00000180. The predicted octanol–water partition coefficient (Wildman–Crippen LogP) is 2.42. The molecule has 1 aliphatic rings. The van der Waals surface area contributed by atoms with E-state index in [-0.39, 0.29) is 25.1 Å². The molecule has 1 fully saturated rings. The van der Waals surface area contributed by atoms with Gasteiger partial charge in [0, 0.05) is 26.2 Å². The van der Waals surface area contributed by atoms with Crippen molar-refractivity contribution in [1.29, 1.82) is 0 Å². The molecule has 2 rings (SSSR count). The molecule has 0 spiro atoms. The molecule has 1 aromatic rings. The molecule has 0 radical (unpaired) electrons. The maximum Gasteiger partial charge on any atom is 0.119 e. The van der Waals surface area contributed by atoms with Crippen molar-refractivity contribution < 1.29 is 9.13 Å². The molecule has 1 N–H and O–H groups in total. The number of rotatable bonds is 5. The van der Waals surface area contributed by atoms with Crippen LogP contribution in [0.5, 0.6) is 5.75 Å². The third-order valence-corrected chi connectivity index (χ3v) is 3.31. The maximum atomic E-state index is 13.3. The first-order chi connectivity index (χ1) is 8.85. The Labute approximate surface area is 120 Å². The first-order valence-electron chi connectivity index (χ1n) is 6.58. The summed E-state index contributed by atoms with van der Waals surface area (Å²) < 4.78 is 18.7. The van der Waals surface area contributed by atoms with E-state index in [1.807, 2.05) is 31.2 Å². The van der Waals surface area contributed by atoms with Crippen LogP contribution in [-0.4, -0.2) is 44.4 Å². The summed E-state index contributed by atoms with van der Waals surface area (Å²) in [5.41, 5.74) is 1.03. The Bertz CT molecular complexity index is 355. The van der Waals surface area contributed by atoms with Gasteiger partial charge in [-0.15, -0.1) is 12.4 Å². The van der Waals surface area contributed by atoms with Gasteiger partial charge in [0.2, 0.25) is 0 Å². The number of piperazine rings is 1. The molecule has 0 aliphatic carbocycles. The number of nitrogens with zero attached hydrogens (tertiary/aromatic N) is 1. The van der Waals surface area contributed by atoms with Gasteiger partial charge in [-0.3, -0.25) is 4.90 Å². The van der Waals surface area contributed by atoms with E-state index in [1.165, 1.54) is 0 Å². The van der Waals surface area contributed by atoms with Gasteiger partial charge < -0.3 is 10.1 Å². The van der Waals surface area contributed by atoms with Gasteiger partial charge in [0.05, 0.1) is 12.6 Å². The van der Waals surface area contributed by atoms with Gasteiger partial charge in [0.25, 0.3) is 0 Å². The van der Waals surface area contributed by atoms with Crippen LogP contribution in [0.15, 0.2) is 24.3 Å². The minimum atomic E-state index is -0.339. The fourth-order valence-electron chi connectivity index (χ4n) is 2.34. The summed E-state index contributed by atoms with van der Waals surface area (Å²) in [7, 11) is 0. The number of alkyl halides is 1. The summed E-state index contributed by atoms with van der Waals surface area (Å²) in [6.45, 7) is 5.96. The van der Waals surface area contributed by atoms with Crippen LogP contribution in [0.4, 0.5) is 4.39 Å². The Morgan fingerprint density at radius 3 is 2.42 bits per heavy atom. The van der Waals surface area contributed by atoms with Gasteiger partial charge in [-0.25, -0.2) is 4.39 Å². The van der Waals surface area contributed by atoms with Crippen molar-refractivity contribution in [3.63, 3.8) is 0 Å². The van der Waals surface area contributed by atoms with Crippen LogP contribution in [0.2, 0.25) is 0 Å². The summed E-state index contributed by atoms with van der Waals surface area (Å²) >= 11 is 0. The summed E-state index contributed by atoms with van der Waals surface area (Å²) in [4.78, 5) is 2.20. The molecule has 1 saturated heterocycles. The molecular formula is C14H22ClFN2O. The van der Waals surface area contributed by atoms with Gasteiger partial charge in [-0.1, -0.05) is 12.1 Å². The summed E-state index contributed by atoms with van der Waals surface area (Å²) in [6.07, 6.45) is 0. The number of nitrogens with one attached hydrogen (secondary N) is 1. The zero-order valence-electron chi connectivity index (χ0n) is 11.3. The van der Waals surface area contributed by atoms with Gasteiger partial charge in [0.15, 0.2) is 0 Å². The lowest BCUT2D eigenvalue weighted by molar-refractivity contribution is 0.147. The molecule has 1 aliphatic heterocycles. The highest BCUT2D eigenvalue weighted by Gasteiger charge is 2.21. The zero-order chi connectivity index (χ0) is 12.8. The van der Waals surface area contributed by atoms with E-state index in [4.69, 9.17) is 4.74 Å². The van der Waals surface area contributed by atoms with E-state index in [2.05, 4.69) is 10.2 Å². The Kier molecular flexibility index (Phi) is 7.13. The largest absolute Gasteiger partial charge is 0.494 e. The molecule has 0 aromatic heterocycles. The second-order valence-corrected chi connectivity index (χ2v) is 4.46. The highest BCUT2D eigenvalue weighted by atomic mass is 35.5. The first kappa shape index (κ1) is 16.2. The van der Waals surface area contributed by atoms with Crippen LogP contribution in [0.3, 0.4) is 0 Å². The topological polar surface area (TPSA) is 24.5 Å². The quantitative estimate of drug-likeness (QED) is 0.901. The van der Waals surface area contributed by atoms with Crippen LogP contribution >= 0.6 is 12.4 Å². The normalized spacial score (nSPS) is 17.6. The second kappa shape index (κ2) is 8.35. The zero-order valence-corrected chi connectivity index (χ0v) is 12.1. The SMILES string of the molecule is CCOc1ccc([C@@H](CF)N2CCNCC2)cc1.Cl. The lowest BCUT2D eigenvalue weighted by Gasteiger charge is -2.33. The average Bonchev–Trinajstić information content (AvgIpc) is 2.43. The fraction of sp³-hybridized carbons (Fsp3) is 0.571. The molecule has 1 heterocycles. The van der Waals surface area contributed by atoms with E-state index in [9.17, 15) is 4.39 Å². The average molecular weight is 289 g/mol. The molecule has 0 unspecified atom stereocenters. The molecule has 0 amide bonds. The maximum absolute atomic E-state index is 13.3. The minimum Gasteiger partial charge on any atom is -0.494 e. The second-order valence-electron chi connectivity index (χ2n) is 4.46. The molecular weight excluding hydrogens is 267 g/mol. The van der Waals surface area contributed by atoms with Crippen LogP contribution in [-0.2, 0) is 0 Å². The molecule has 108 valence electrons. The van der Waals surface area contributed by atoms with E-state index in [0.717, 1.165) is 37.5 Å². The number of hydrogen-bond donors (Lipinski definition) is 1. The summed E-state index contributed by atoms with van der Waals surface area (Å²) in [5, 5.41) is 3.29. The van der Waals surface area contributed by atoms with Gasteiger partial charge in [0.1, 0.15) is 12.4 Å². The molecule has 1 atom stereocenters. The van der Waals surface area contributed by atoms with E-state index >= 15 is 0 Å². The molecule has 0 saturated carbocycles. The van der Waals surface area contributed by atoms with Crippen molar-refractivity contribution in [2.45, 2.75) is 13.0 Å². The van der Waals surface area contributed by atoms with Crippen LogP contribution in [0.25, 0.3) is 0 Å². The van der Waals surface area contributed by atoms with Gasteiger partial charge in [-0.2, -0.15) is 0 Å². The molecule has 3 nitrogen and oxygen atoms in total. The lowest BCUT2D eigenvalue weighted by Crippen LogP contribution is -2.45. The monoisotopic (exact) mass is 288 g/mol. The van der Waals surface area contributed by atoms with E-state index in [1.54, 1.807) is 0 Å². The highest BCUT2D eigenvalue weighted by Crippen LogP contribution is 2.24. The fourth-order valence-corrected chi connectivity index (χ4v) is 2.34. The Morgan fingerprint density at radius 1 is 1.26 bits per heavy atom. The minimum absolute atomic E-state index is 0. The number of benzene rings is 1. The molecule has 1 aromatic carbocycles. The van der Waals surface area contributed by atoms with Gasteiger partial charge in [-0.05, 0) is 24.6 Å². The van der Waals surface area contributed by atoms with Gasteiger partial charge >= 0.3 is 0 Å². The number of halogens is 2. The van der Waals surface area contributed by atoms with E-state index < -0.39 is 0 Å². The van der Waals surface area contributed by atoms with Crippen molar-refractivity contribution in [2.75, 3.05) is 39.5 Å². The Hall–Kier alpha value is -0.840. The van der Waals surface area contributed by atoms with Crippen molar-refractivity contribution in [2.24, 2.45) is 0 Å². The third kappa shape index (κ3) is 4.34. The standard InChI is InChI=1S/C14H21FN2O.ClH/c1-2-18-13-5-3-12(4-6-13)14(11-15)17-9-7-16-8-10-17;/h3-6,14,16H,2,7-11H2,1H3;1H/t14-;/m1./s1. The van der Waals surface area contributed by atoms with Crippen molar-refractivity contribution >= 4 is 12.4 Å². The molecule has 0 bridgehead atoms. The van der Waals surface area contributed by atoms with Crippen LogP contribution in [0.1, 0.15) is 18.5 Å². The lowest BCUT2D eigenvalue weighted by atomic mass is 10.1.